The van der Waals surface area contributed by atoms with Crippen LogP contribution in [-0.4, -0.2) is 30.5 Å². The second-order valence-electron chi connectivity index (χ2n) is 4.06. The molecule has 0 aromatic heterocycles. The van der Waals surface area contributed by atoms with E-state index >= 15 is 0 Å². The lowest BCUT2D eigenvalue weighted by atomic mass is 10.1. The summed E-state index contributed by atoms with van der Waals surface area (Å²) in [6, 6.07) is 7.22. The molecule has 1 atom stereocenters. The second kappa shape index (κ2) is 8.40. The SMILES string of the molecule is CSCC[C@@H](N)C(=O)NCCc1ccc(Cl)cc1. The Labute approximate surface area is 117 Å². The van der Waals surface area contributed by atoms with Crippen molar-refractivity contribution in [1.29, 1.82) is 0 Å². The predicted octanol–water partition coefficient (Wildman–Crippen LogP) is 2.08. The van der Waals surface area contributed by atoms with Gasteiger partial charge in [-0.15, -0.1) is 0 Å². The molecule has 5 heteroatoms. The Balaban J connectivity index is 2.24. The van der Waals surface area contributed by atoms with Gasteiger partial charge in [-0.2, -0.15) is 11.8 Å². The van der Waals surface area contributed by atoms with Crippen molar-refractivity contribution in [2.75, 3.05) is 18.6 Å². The molecule has 3 nitrogen and oxygen atoms in total. The van der Waals surface area contributed by atoms with E-state index in [4.69, 9.17) is 17.3 Å². The highest BCUT2D eigenvalue weighted by Crippen LogP contribution is 2.09. The second-order valence-corrected chi connectivity index (χ2v) is 5.48. The van der Waals surface area contributed by atoms with Crippen LogP contribution in [-0.2, 0) is 11.2 Å². The number of halogens is 1. The van der Waals surface area contributed by atoms with Gasteiger partial charge in [-0.25, -0.2) is 0 Å². The first-order valence-electron chi connectivity index (χ1n) is 5.90. The Morgan fingerprint density at radius 3 is 2.72 bits per heavy atom. The number of nitrogens with one attached hydrogen (secondary N) is 1. The fraction of sp³-hybridized carbons (Fsp3) is 0.462. The molecular formula is C13H19ClN2OS. The van der Waals surface area contributed by atoms with Crippen LogP contribution in [0, 0.1) is 0 Å². The number of hydrogen-bond donors (Lipinski definition) is 2. The van der Waals surface area contributed by atoms with Gasteiger partial charge >= 0.3 is 0 Å². The van der Waals surface area contributed by atoms with Crippen molar-refractivity contribution in [3.63, 3.8) is 0 Å². The fourth-order valence-electron chi connectivity index (χ4n) is 1.49. The van der Waals surface area contributed by atoms with Gasteiger partial charge < -0.3 is 11.1 Å². The first-order chi connectivity index (χ1) is 8.63. The molecule has 0 saturated heterocycles. The predicted molar refractivity (Wildman–Crippen MR) is 79.1 cm³/mol. The number of rotatable bonds is 7. The maximum atomic E-state index is 11.6. The molecule has 0 heterocycles. The minimum atomic E-state index is -0.400. The van der Waals surface area contributed by atoms with Crippen LogP contribution in [0.1, 0.15) is 12.0 Å². The molecule has 1 aromatic carbocycles. The number of amides is 1. The molecule has 0 unspecified atom stereocenters. The van der Waals surface area contributed by atoms with Gasteiger partial charge in [-0.3, -0.25) is 4.79 Å². The summed E-state index contributed by atoms with van der Waals surface area (Å²) in [5, 5.41) is 3.57. The van der Waals surface area contributed by atoms with Crippen LogP contribution in [0.15, 0.2) is 24.3 Å². The summed E-state index contributed by atoms with van der Waals surface area (Å²) in [7, 11) is 0. The van der Waals surface area contributed by atoms with E-state index in [-0.39, 0.29) is 5.91 Å². The van der Waals surface area contributed by atoms with Crippen LogP contribution >= 0.6 is 23.4 Å². The molecule has 0 saturated carbocycles. The Hall–Kier alpha value is -0.710. The van der Waals surface area contributed by atoms with Gasteiger partial charge in [-0.05, 0) is 42.5 Å². The molecule has 0 aliphatic rings. The van der Waals surface area contributed by atoms with E-state index in [0.717, 1.165) is 22.8 Å². The molecule has 1 rings (SSSR count). The zero-order valence-electron chi connectivity index (χ0n) is 10.5. The third kappa shape index (κ3) is 5.76. The molecule has 0 aliphatic carbocycles. The minimum absolute atomic E-state index is 0.0713. The molecule has 1 aromatic rings. The Morgan fingerprint density at radius 2 is 2.11 bits per heavy atom. The van der Waals surface area contributed by atoms with Crippen LogP contribution in [0.3, 0.4) is 0 Å². The first kappa shape index (κ1) is 15.3. The zero-order valence-corrected chi connectivity index (χ0v) is 12.1. The van der Waals surface area contributed by atoms with Crippen molar-refractivity contribution in [3.8, 4) is 0 Å². The summed E-state index contributed by atoms with van der Waals surface area (Å²) < 4.78 is 0. The van der Waals surface area contributed by atoms with Gasteiger partial charge in [0.15, 0.2) is 0 Å². The monoisotopic (exact) mass is 286 g/mol. The molecule has 0 bridgehead atoms. The number of thioether (sulfide) groups is 1. The third-order valence-corrected chi connectivity index (χ3v) is 3.49. The van der Waals surface area contributed by atoms with Crippen LogP contribution in [0.2, 0.25) is 5.02 Å². The largest absolute Gasteiger partial charge is 0.354 e. The van der Waals surface area contributed by atoms with E-state index in [9.17, 15) is 4.79 Å². The summed E-state index contributed by atoms with van der Waals surface area (Å²) in [5.41, 5.74) is 6.91. The average molecular weight is 287 g/mol. The van der Waals surface area contributed by atoms with Crippen molar-refractivity contribution in [2.24, 2.45) is 5.73 Å². The average Bonchev–Trinajstić information content (AvgIpc) is 2.38. The van der Waals surface area contributed by atoms with Gasteiger partial charge in [0.2, 0.25) is 5.91 Å². The highest BCUT2D eigenvalue weighted by Gasteiger charge is 2.11. The van der Waals surface area contributed by atoms with Crippen LogP contribution < -0.4 is 11.1 Å². The fourth-order valence-corrected chi connectivity index (χ4v) is 2.10. The van der Waals surface area contributed by atoms with Crippen LogP contribution in [0.4, 0.5) is 0 Å². The van der Waals surface area contributed by atoms with Gasteiger partial charge in [0.25, 0.3) is 0 Å². The van der Waals surface area contributed by atoms with Gasteiger partial charge in [0, 0.05) is 11.6 Å². The van der Waals surface area contributed by atoms with Crippen molar-refractivity contribution in [3.05, 3.63) is 34.9 Å². The quantitative estimate of drug-likeness (QED) is 0.807. The number of carbonyl (C=O) groups excluding carboxylic acids is 1. The molecular weight excluding hydrogens is 268 g/mol. The Kier molecular flexibility index (Phi) is 7.16. The minimum Gasteiger partial charge on any atom is -0.354 e. The maximum absolute atomic E-state index is 11.6. The molecule has 0 radical (unpaired) electrons. The number of carbonyl (C=O) groups is 1. The lowest BCUT2D eigenvalue weighted by Crippen LogP contribution is -2.41. The molecule has 1 amide bonds. The van der Waals surface area contributed by atoms with Crippen molar-refractivity contribution >= 4 is 29.3 Å². The Bertz CT molecular complexity index is 370. The number of nitrogens with two attached hydrogens (primary N) is 1. The van der Waals surface area contributed by atoms with Gasteiger partial charge in [0.05, 0.1) is 6.04 Å². The molecule has 18 heavy (non-hydrogen) atoms. The zero-order chi connectivity index (χ0) is 13.4. The maximum Gasteiger partial charge on any atom is 0.236 e. The normalized spacial score (nSPS) is 12.2. The standard InChI is InChI=1S/C13H19ClN2OS/c1-18-9-7-12(15)13(17)16-8-6-10-2-4-11(14)5-3-10/h2-5,12H,6-9,15H2,1H3,(H,16,17)/t12-/m1/s1. The highest BCUT2D eigenvalue weighted by molar-refractivity contribution is 7.98. The van der Waals surface area contributed by atoms with Crippen molar-refractivity contribution in [1.82, 2.24) is 5.32 Å². The van der Waals surface area contributed by atoms with Gasteiger partial charge in [-0.1, -0.05) is 23.7 Å². The lowest BCUT2D eigenvalue weighted by Gasteiger charge is -2.11. The van der Waals surface area contributed by atoms with E-state index in [1.807, 2.05) is 30.5 Å². The van der Waals surface area contributed by atoms with Crippen LogP contribution in [0.5, 0.6) is 0 Å². The van der Waals surface area contributed by atoms with E-state index in [1.165, 1.54) is 0 Å². The smallest absolute Gasteiger partial charge is 0.236 e. The lowest BCUT2D eigenvalue weighted by molar-refractivity contribution is -0.122. The third-order valence-electron chi connectivity index (χ3n) is 2.60. The van der Waals surface area contributed by atoms with Crippen LogP contribution in [0.25, 0.3) is 0 Å². The summed E-state index contributed by atoms with van der Waals surface area (Å²) in [4.78, 5) is 11.6. The Morgan fingerprint density at radius 1 is 1.44 bits per heavy atom. The molecule has 0 aliphatic heterocycles. The topological polar surface area (TPSA) is 55.1 Å². The van der Waals surface area contributed by atoms with E-state index in [0.29, 0.717) is 13.0 Å². The van der Waals surface area contributed by atoms with E-state index < -0.39 is 6.04 Å². The number of benzene rings is 1. The molecule has 3 N–H and O–H groups in total. The highest BCUT2D eigenvalue weighted by atomic mass is 35.5. The summed E-state index contributed by atoms with van der Waals surface area (Å²) in [6.45, 7) is 0.605. The number of hydrogen-bond acceptors (Lipinski definition) is 3. The molecule has 100 valence electrons. The van der Waals surface area contributed by atoms with E-state index in [1.54, 1.807) is 11.8 Å². The van der Waals surface area contributed by atoms with Crippen molar-refractivity contribution < 1.29 is 4.79 Å². The first-order valence-corrected chi connectivity index (χ1v) is 7.67. The summed E-state index contributed by atoms with van der Waals surface area (Å²) >= 11 is 7.49. The van der Waals surface area contributed by atoms with Crippen molar-refractivity contribution in [2.45, 2.75) is 18.9 Å². The van der Waals surface area contributed by atoms with Gasteiger partial charge in [0.1, 0.15) is 0 Å². The summed E-state index contributed by atoms with van der Waals surface area (Å²) in [6.07, 6.45) is 3.51. The molecule has 0 fully saturated rings. The van der Waals surface area contributed by atoms with E-state index in [2.05, 4.69) is 5.32 Å². The molecule has 0 spiro atoms. The summed E-state index contributed by atoms with van der Waals surface area (Å²) in [5.74, 6) is 0.837.